The highest BCUT2D eigenvalue weighted by Crippen LogP contribution is 2.40. The highest BCUT2D eigenvalue weighted by Gasteiger charge is 2.33. The van der Waals surface area contributed by atoms with Gasteiger partial charge in [0.15, 0.2) is 5.78 Å². The molecule has 1 aliphatic heterocycles. The minimum atomic E-state index is 0.0842. The number of carbonyl (C=O) groups is 1. The molecule has 0 spiro atoms. The van der Waals surface area contributed by atoms with Gasteiger partial charge in [0.05, 0.1) is 22.8 Å². The molecule has 1 aromatic carbocycles. The molecule has 3 rings (SSSR count). The summed E-state index contributed by atoms with van der Waals surface area (Å²) >= 11 is 12.5. The van der Waals surface area contributed by atoms with Crippen molar-refractivity contribution in [3.05, 3.63) is 33.3 Å². The van der Waals surface area contributed by atoms with Gasteiger partial charge in [-0.05, 0) is 75.8 Å². The predicted octanol–water partition coefficient (Wildman–Crippen LogP) is 6.11. The molecular formula is C20H26Cl2O2. The average Bonchev–Trinajstić information content (AvgIpc) is 2.60. The normalized spacial score (nSPS) is 31.0. The van der Waals surface area contributed by atoms with Crippen LogP contribution in [0.1, 0.15) is 61.4 Å². The number of ketones is 1. The topological polar surface area (TPSA) is 26.3 Å². The third kappa shape index (κ3) is 3.81. The fourth-order valence-electron chi connectivity index (χ4n) is 4.18. The van der Waals surface area contributed by atoms with Gasteiger partial charge >= 0.3 is 0 Å². The second-order valence-electron chi connectivity index (χ2n) is 7.52. The highest BCUT2D eigenvalue weighted by atomic mass is 35.5. The number of Topliss-reactive ketones (excluding diaryl/α,β-unsaturated/α-hetero) is 1. The minimum absolute atomic E-state index is 0.0842. The molecule has 24 heavy (non-hydrogen) atoms. The van der Waals surface area contributed by atoms with Crippen molar-refractivity contribution >= 4 is 29.0 Å². The second kappa shape index (κ2) is 7.76. The molecule has 132 valence electrons. The van der Waals surface area contributed by atoms with Gasteiger partial charge in [0.25, 0.3) is 0 Å². The third-order valence-electron chi connectivity index (χ3n) is 5.89. The van der Waals surface area contributed by atoms with Crippen LogP contribution in [0.15, 0.2) is 12.1 Å². The van der Waals surface area contributed by atoms with Crippen LogP contribution in [0.25, 0.3) is 0 Å². The van der Waals surface area contributed by atoms with E-state index in [1.54, 1.807) is 0 Å². The van der Waals surface area contributed by atoms with Crippen molar-refractivity contribution in [3.8, 4) is 0 Å². The lowest BCUT2D eigenvalue weighted by Gasteiger charge is -2.37. The third-order valence-corrected chi connectivity index (χ3v) is 6.87. The number of ether oxygens (including phenoxy) is 1. The van der Waals surface area contributed by atoms with Gasteiger partial charge in [-0.2, -0.15) is 0 Å². The first-order valence-corrected chi connectivity index (χ1v) is 9.83. The Labute approximate surface area is 154 Å². The monoisotopic (exact) mass is 368 g/mol. The lowest BCUT2D eigenvalue weighted by atomic mass is 9.72. The zero-order chi connectivity index (χ0) is 17.3. The summed E-state index contributed by atoms with van der Waals surface area (Å²) in [5, 5.41) is 0.920. The Bertz CT molecular complexity index is 598. The van der Waals surface area contributed by atoms with E-state index in [0.717, 1.165) is 37.9 Å². The zero-order valence-electron chi connectivity index (χ0n) is 14.5. The molecule has 4 heteroatoms. The summed E-state index contributed by atoms with van der Waals surface area (Å²) in [5.74, 6) is 1.63. The summed E-state index contributed by atoms with van der Waals surface area (Å²) in [7, 11) is 0. The second-order valence-corrected chi connectivity index (χ2v) is 8.27. The molecule has 0 radical (unpaired) electrons. The van der Waals surface area contributed by atoms with Crippen LogP contribution in [-0.2, 0) is 4.74 Å². The quantitative estimate of drug-likeness (QED) is 0.601. The van der Waals surface area contributed by atoms with Crippen LogP contribution in [0, 0.1) is 24.7 Å². The number of aryl methyl sites for hydroxylation is 1. The van der Waals surface area contributed by atoms with Crippen LogP contribution in [0.3, 0.4) is 0 Å². The Balaban J connectivity index is 1.60. The summed E-state index contributed by atoms with van der Waals surface area (Å²) in [5.41, 5.74) is 1.50. The first-order valence-electron chi connectivity index (χ1n) is 9.07. The van der Waals surface area contributed by atoms with Crippen molar-refractivity contribution in [2.45, 2.75) is 58.5 Å². The van der Waals surface area contributed by atoms with E-state index in [2.05, 4.69) is 6.92 Å². The maximum Gasteiger partial charge on any atom is 0.167 e. The molecule has 1 aliphatic carbocycles. The largest absolute Gasteiger partial charge is 0.378 e. The van der Waals surface area contributed by atoms with Gasteiger partial charge in [0, 0.05) is 11.5 Å². The van der Waals surface area contributed by atoms with Gasteiger partial charge in [-0.1, -0.05) is 29.3 Å². The summed E-state index contributed by atoms with van der Waals surface area (Å²) < 4.78 is 5.83. The van der Waals surface area contributed by atoms with Crippen molar-refractivity contribution < 1.29 is 9.53 Å². The predicted molar refractivity (Wildman–Crippen MR) is 99.1 cm³/mol. The van der Waals surface area contributed by atoms with Crippen molar-refractivity contribution in [2.75, 3.05) is 6.61 Å². The number of benzene rings is 1. The molecule has 1 saturated heterocycles. The van der Waals surface area contributed by atoms with Gasteiger partial charge in [-0.15, -0.1) is 0 Å². The van der Waals surface area contributed by atoms with E-state index in [4.69, 9.17) is 27.9 Å². The minimum Gasteiger partial charge on any atom is -0.378 e. The fourth-order valence-corrected chi connectivity index (χ4v) is 4.65. The molecular weight excluding hydrogens is 343 g/mol. The van der Waals surface area contributed by atoms with Crippen molar-refractivity contribution in [2.24, 2.45) is 17.8 Å². The van der Waals surface area contributed by atoms with Gasteiger partial charge in [-0.3, -0.25) is 4.79 Å². The van der Waals surface area contributed by atoms with E-state index in [1.807, 2.05) is 19.1 Å². The van der Waals surface area contributed by atoms with Crippen LogP contribution >= 0.6 is 23.2 Å². The van der Waals surface area contributed by atoms with Gasteiger partial charge in [-0.25, -0.2) is 0 Å². The number of hydrogen-bond donors (Lipinski definition) is 0. The molecule has 0 N–H and O–H groups in total. The van der Waals surface area contributed by atoms with Crippen LogP contribution in [0.5, 0.6) is 0 Å². The lowest BCUT2D eigenvalue weighted by molar-refractivity contribution is -0.0290. The van der Waals surface area contributed by atoms with Crippen LogP contribution < -0.4 is 0 Å². The lowest BCUT2D eigenvalue weighted by Crippen LogP contribution is -2.32. The van der Waals surface area contributed by atoms with E-state index in [-0.39, 0.29) is 11.7 Å². The molecule has 1 heterocycles. The Morgan fingerprint density at radius 3 is 2.29 bits per heavy atom. The van der Waals surface area contributed by atoms with Gasteiger partial charge in [0.2, 0.25) is 0 Å². The van der Waals surface area contributed by atoms with Gasteiger partial charge < -0.3 is 4.74 Å². The van der Waals surface area contributed by atoms with E-state index in [9.17, 15) is 4.79 Å². The zero-order valence-corrected chi connectivity index (χ0v) is 16.0. The molecule has 2 nitrogen and oxygen atoms in total. The molecule has 0 amide bonds. The number of halogens is 2. The van der Waals surface area contributed by atoms with E-state index < -0.39 is 0 Å². The smallest absolute Gasteiger partial charge is 0.167 e. The number of rotatable bonds is 3. The fraction of sp³-hybridized carbons (Fsp3) is 0.650. The Morgan fingerprint density at radius 1 is 1.00 bits per heavy atom. The Hall–Kier alpha value is -0.570. The summed E-state index contributed by atoms with van der Waals surface area (Å²) in [6.45, 7) is 4.95. The first-order chi connectivity index (χ1) is 11.5. The molecule has 1 unspecified atom stereocenters. The van der Waals surface area contributed by atoms with E-state index in [0.29, 0.717) is 33.5 Å². The molecule has 0 bridgehead atoms. The van der Waals surface area contributed by atoms with Crippen LogP contribution in [0.2, 0.25) is 10.0 Å². The summed E-state index contributed by atoms with van der Waals surface area (Å²) in [6.07, 6.45) is 7.00. The van der Waals surface area contributed by atoms with E-state index in [1.165, 1.54) is 12.8 Å². The maximum absolute atomic E-state index is 12.8. The molecule has 2 fully saturated rings. The first kappa shape index (κ1) is 18.2. The molecule has 1 aromatic rings. The molecule has 1 saturated carbocycles. The Morgan fingerprint density at radius 2 is 1.67 bits per heavy atom. The number of carbonyl (C=O) groups excluding carboxylic acids is 1. The van der Waals surface area contributed by atoms with Gasteiger partial charge in [0.1, 0.15) is 0 Å². The molecule has 2 atom stereocenters. The van der Waals surface area contributed by atoms with Crippen molar-refractivity contribution in [3.63, 3.8) is 0 Å². The van der Waals surface area contributed by atoms with E-state index >= 15 is 0 Å². The standard InChI is InChI=1S/C20H26Cl2O2/c1-12-3-10-17(19(22)18(12)21)20(23)15-8-6-14(7-9-15)16-5-4-13(2)24-11-16/h3,10,13-16H,4-9,11H2,1-2H3/t13?,14?,15?,16-/m1/s1. The highest BCUT2D eigenvalue weighted by molar-refractivity contribution is 6.44. The average molecular weight is 369 g/mol. The molecule has 0 aromatic heterocycles. The number of hydrogen-bond acceptors (Lipinski definition) is 2. The summed E-state index contributed by atoms with van der Waals surface area (Å²) in [4.78, 5) is 12.8. The van der Waals surface area contributed by atoms with Crippen molar-refractivity contribution in [1.29, 1.82) is 0 Å². The SMILES string of the molecule is Cc1ccc(C(=O)C2CCC([C@@H]3CCC(C)OC3)CC2)c(Cl)c1Cl. The van der Waals surface area contributed by atoms with Crippen LogP contribution in [-0.4, -0.2) is 18.5 Å². The summed E-state index contributed by atoms with van der Waals surface area (Å²) in [6, 6.07) is 3.71. The molecule has 2 aliphatic rings. The van der Waals surface area contributed by atoms with Crippen molar-refractivity contribution in [1.82, 2.24) is 0 Å². The Kier molecular flexibility index (Phi) is 5.89. The van der Waals surface area contributed by atoms with Crippen LogP contribution in [0.4, 0.5) is 0 Å². The maximum atomic E-state index is 12.8.